The van der Waals surface area contributed by atoms with Crippen LogP contribution in [0.15, 0.2) is 30.3 Å². The lowest BCUT2D eigenvalue weighted by Gasteiger charge is -2.09. The minimum absolute atomic E-state index is 0.435. The van der Waals surface area contributed by atoms with Crippen LogP contribution in [0, 0.1) is 4.77 Å². The number of imidazole rings is 1. The van der Waals surface area contributed by atoms with E-state index in [1.54, 1.807) is 34.9 Å². The fourth-order valence-electron chi connectivity index (χ4n) is 2.03. The van der Waals surface area contributed by atoms with Gasteiger partial charge in [-0.15, -0.1) is 0 Å². The van der Waals surface area contributed by atoms with E-state index in [0.717, 1.165) is 11.0 Å². The molecule has 0 saturated carbocycles. The fraction of sp³-hybridized carbons (Fsp3) is 0. The van der Waals surface area contributed by atoms with Crippen LogP contribution in [0.1, 0.15) is 0 Å². The number of H-pyrrole nitrogens is 1. The van der Waals surface area contributed by atoms with Gasteiger partial charge in [0.2, 0.25) is 0 Å². The quantitative estimate of drug-likeness (QED) is 0.503. The molecule has 20 heavy (non-hydrogen) atoms. The third-order valence-corrected chi connectivity index (χ3v) is 4.50. The Labute approximate surface area is 139 Å². The summed E-state index contributed by atoms with van der Waals surface area (Å²) in [4.78, 5) is 3.07. The van der Waals surface area contributed by atoms with E-state index in [0.29, 0.717) is 30.5 Å². The second-order valence-electron chi connectivity index (χ2n) is 4.12. The molecular formula is C13H6Cl4N2S. The average Bonchev–Trinajstić information content (AvgIpc) is 2.67. The molecule has 0 aliphatic carbocycles. The summed E-state index contributed by atoms with van der Waals surface area (Å²) in [7, 11) is 0. The van der Waals surface area contributed by atoms with Crippen LogP contribution in [0.2, 0.25) is 20.1 Å². The lowest BCUT2D eigenvalue weighted by molar-refractivity contribution is 1.07. The van der Waals surface area contributed by atoms with Gasteiger partial charge in [0.15, 0.2) is 4.77 Å². The molecule has 0 bridgehead atoms. The maximum absolute atomic E-state index is 6.24. The first-order chi connectivity index (χ1) is 9.49. The van der Waals surface area contributed by atoms with E-state index in [1.807, 2.05) is 0 Å². The predicted octanol–water partition coefficient (Wildman–Crippen LogP) is 6.30. The van der Waals surface area contributed by atoms with E-state index >= 15 is 0 Å². The predicted molar refractivity (Wildman–Crippen MR) is 88.5 cm³/mol. The number of fused-ring (bicyclic) bond motifs is 1. The largest absolute Gasteiger partial charge is 0.330 e. The highest BCUT2D eigenvalue weighted by Crippen LogP contribution is 2.34. The van der Waals surface area contributed by atoms with Crippen molar-refractivity contribution in [3.8, 4) is 5.69 Å². The average molecular weight is 364 g/mol. The summed E-state index contributed by atoms with van der Waals surface area (Å²) in [5, 5.41) is 1.89. The van der Waals surface area contributed by atoms with Crippen LogP contribution in [-0.2, 0) is 0 Å². The number of rotatable bonds is 1. The summed E-state index contributed by atoms with van der Waals surface area (Å²) >= 11 is 29.9. The van der Waals surface area contributed by atoms with Crippen LogP contribution in [0.5, 0.6) is 0 Å². The normalized spacial score (nSPS) is 11.2. The van der Waals surface area contributed by atoms with Gasteiger partial charge in [0.25, 0.3) is 0 Å². The molecule has 0 radical (unpaired) electrons. The van der Waals surface area contributed by atoms with Crippen LogP contribution in [0.3, 0.4) is 0 Å². The lowest BCUT2D eigenvalue weighted by atomic mass is 10.2. The monoisotopic (exact) mass is 362 g/mol. The molecule has 0 saturated heterocycles. The number of nitrogens with zero attached hydrogens (tertiary/aromatic N) is 1. The van der Waals surface area contributed by atoms with Gasteiger partial charge < -0.3 is 4.98 Å². The Kier molecular flexibility index (Phi) is 3.73. The first-order valence-electron chi connectivity index (χ1n) is 5.53. The number of halogens is 4. The van der Waals surface area contributed by atoms with Gasteiger partial charge in [-0.25, -0.2) is 0 Å². The summed E-state index contributed by atoms with van der Waals surface area (Å²) in [6.07, 6.45) is 0. The molecule has 3 rings (SSSR count). The highest BCUT2D eigenvalue weighted by atomic mass is 35.5. The Morgan fingerprint density at radius 1 is 0.900 bits per heavy atom. The lowest BCUT2D eigenvalue weighted by Crippen LogP contribution is -1.96. The van der Waals surface area contributed by atoms with Gasteiger partial charge in [0.05, 0.1) is 36.8 Å². The first-order valence-corrected chi connectivity index (χ1v) is 7.45. The number of benzene rings is 2. The van der Waals surface area contributed by atoms with E-state index in [2.05, 4.69) is 4.98 Å². The highest BCUT2D eigenvalue weighted by Gasteiger charge is 2.14. The van der Waals surface area contributed by atoms with Crippen LogP contribution >= 0.6 is 58.6 Å². The molecule has 3 aromatic rings. The first kappa shape index (κ1) is 14.2. The SMILES string of the molecule is S=c1[nH]c2cc(Cl)c(Cl)cc2n1-c1c(Cl)cccc1Cl. The van der Waals surface area contributed by atoms with Crippen molar-refractivity contribution < 1.29 is 0 Å². The molecular weight excluding hydrogens is 358 g/mol. The second-order valence-corrected chi connectivity index (χ2v) is 6.13. The summed E-state index contributed by atoms with van der Waals surface area (Å²) in [6.45, 7) is 0. The van der Waals surface area contributed by atoms with Crippen molar-refractivity contribution in [2.24, 2.45) is 0 Å². The Morgan fingerprint density at radius 3 is 2.15 bits per heavy atom. The number of hydrogen-bond acceptors (Lipinski definition) is 1. The minimum atomic E-state index is 0.435. The molecule has 0 aliphatic rings. The fourth-order valence-corrected chi connectivity index (χ4v) is 3.21. The molecule has 2 aromatic carbocycles. The molecule has 0 aliphatic heterocycles. The van der Waals surface area contributed by atoms with Crippen molar-refractivity contribution in [3.63, 3.8) is 0 Å². The van der Waals surface area contributed by atoms with Crippen LogP contribution in [-0.4, -0.2) is 9.55 Å². The third kappa shape index (κ3) is 2.24. The molecule has 0 fully saturated rings. The van der Waals surface area contributed by atoms with Crippen molar-refractivity contribution >= 4 is 69.7 Å². The zero-order chi connectivity index (χ0) is 14.4. The Morgan fingerprint density at radius 2 is 1.50 bits per heavy atom. The van der Waals surface area contributed by atoms with Gasteiger partial charge in [0, 0.05) is 0 Å². The summed E-state index contributed by atoms with van der Waals surface area (Å²) in [6, 6.07) is 8.72. The molecule has 7 heteroatoms. The van der Waals surface area contributed by atoms with Gasteiger partial charge in [0.1, 0.15) is 0 Å². The van der Waals surface area contributed by atoms with Crippen molar-refractivity contribution in [1.82, 2.24) is 9.55 Å². The van der Waals surface area contributed by atoms with Gasteiger partial charge in [-0.1, -0.05) is 52.5 Å². The van der Waals surface area contributed by atoms with E-state index in [9.17, 15) is 0 Å². The Hall–Kier alpha value is -0.710. The van der Waals surface area contributed by atoms with Crippen molar-refractivity contribution in [1.29, 1.82) is 0 Å². The molecule has 1 aromatic heterocycles. The van der Waals surface area contributed by atoms with Crippen LogP contribution in [0.4, 0.5) is 0 Å². The maximum atomic E-state index is 6.24. The molecule has 0 amide bonds. The zero-order valence-corrected chi connectivity index (χ0v) is 13.6. The third-order valence-electron chi connectivity index (χ3n) is 2.89. The maximum Gasteiger partial charge on any atom is 0.182 e. The number of aromatic nitrogens is 2. The van der Waals surface area contributed by atoms with Gasteiger partial charge in [-0.3, -0.25) is 4.57 Å². The second kappa shape index (κ2) is 5.24. The van der Waals surface area contributed by atoms with Crippen molar-refractivity contribution in [2.45, 2.75) is 0 Å². The van der Waals surface area contributed by atoms with Crippen molar-refractivity contribution in [3.05, 3.63) is 55.2 Å². The minimum Gasteiger partial charge on any atom is -0.330 e. The molecule has 0 atom stereocenters. The molecule has 0 spiro atoms. The Balaban J connectivity index is 2.46. The van der Waals surface area contributed by atoms with Gasteiger partial charge >= 0.3 is 0 Å². The van der Waals surface area contributed by atoms with Gasteiger partial charge in [-0.05, 0) is 36.5 Å². The number of para-hydroxylation sites is 1. The summed E-state index contributed by atoms with van der Waals surface area (Å²) in [5.41, 5.74) is 2.14. The van der Waals surface area contributed by atoms with Crippen molar-refractivity contribution in [2.75, 3.05) is 0 Å². The van der Waals surface area contributed by atoms with E-state index < -0.39 is 0 Å². The van der Waals surface area contributed by atoms with Gasteiger partial charge in [-0.2, -0.15) is 0 Å². The standard InChI is InChI=1S/C13H6Cl4N2S/c14-6-2-1-3-7(15)12(6)19-11-5-9(17)8(16)4-10(11)18-13(19)20/h1-5H,(H,18,20). The molecule has 2 nitrogen and oxygen atoms in total. The summed E-state index contributed by atoms with van der Waals surface area (Å²) < 4.78 is 2.21. The van der Waals surface area contributed by atoms with E-state index in [1.165, 1.54) is 0 Å². The smallest absolute Gasteiger partial charge is 0.182 e. The van der Waals surface area contributed by atoms with E-state index in [-0.39, 0.29) is 0 Å². The number of aromatic amines is 1. The Bertz CT molecular complexity index is 862. The highest BCUT2D eigenvalue weighted by molar-refractivity contribution is 7.71. The van der Waals surface area contributed by atoms with Crippen LogP contribution < -0.4 is 0 Å². The van der Waals surface area contributed by atoms with Crippen LogP contribution in [0.25, 0.3) is 16.7 Å². The number of nitrogens with one attached hydrogen (secondary N) is 1. The summed E-state index contributed by atoms with van der Waals surface area (Å²) in [5.74, 6) is 0. The molecule has 1 heterocycles. The number of hydrogen-bond donors (Lipinski definition) is 1. The molecule has 0 unspecified atom stereocenters. The molecule has 102 valence electrons. The molecule has 1 N–H and O–H groups in total. The van der Waals surface area contributed by atoms with E-state index in [4.69, 9.17) is 58.6 Å². The topological polar surface area (TPSA) is 20.7 Å². The zero-order valence-electron chi connectivity index (χ0n) is 9.75.